The van der Waals surface area contributed by atoms with E-state index in [1.807, 2.05) is 25.1 Å². The Kier molecular flexibility index (Phi) is 8.79. The van der Waals surface area contributed by atoms with Crippen LogP contribution in [0.2, 0.25) is 0 Å². The first kappa shape index (κ1) is 32.1. The maximum absolute atomic E-state index is 14.5. The van der Waals surface area contributed by atoms with Crippen LogP contribution < -0.4 is 15.0 Å². The van der Waals surface area contributed by atoms with E-state index in [0.29, 0.717) is 6.54 Å². The molecule has 1 heterocycles. The summed E-state index contributed by atoms with van der Waals surface area (Å²) in [6, 6.07) is 17.7. The molecule has 46 heavy (non-hydrogen) atoms. The number of nitrogens with zero attached hydrogens (tertiary/aromatic N) is 6. The number of para-hydroxylation sites is 1. The molecule has 0 unspecified atom stereocenters. The number of benzene rings is 4. The number of hydrogen-bond acceptors (Lipinski definition) is 13. The van der Waals surface area contributed by atoms with Gasteiger partial charge in [0.2, 0.25) is 11.9 Å². The fraction of sp³-hybridized carbons (Fsp3) is 0.107. The molecular weight excluding hydrogens is 645 g/mol. The number of methoxy groups -OCH3 is 1. The van der Waals surface area contributed by atoms with Crippen LogP contribution >= 0.6 is 0 Å². The highest BCUT2D eigenvalue weighted by atomic mass is 32.2. The molecule has 0 aliphatic rings. The van der Waals surface area contributed by atoms with Gasteiger partial charge in [-0.1, -0.05) is 18.2 Å². The number of anilines is 4. The van der Waals surface area contributed by atoms with E-state index >= 15 is 0 Å². The molecule has 0 bridgehead atoms. The lowest BCUT2D eigenvalue weighted by Gasteiger charge is -2.21. The number of halogens is 1. The molecule has 0 saturated carbocycles. The number of fused-ring (bicyclic) bond motifs is 1. The number of ether oxygens (including phenoxy) is 1. The second kappa shape index (κ2) is 12.6. The zero-order valence-electron chi connectivity index (χ0n) is 23.9. The van der Waals surface area contributed by atoms with Crippen LogP contribution in [0.3, 0.4) is 0 Å². The molecular formula is C28H24FN7O8S2. The fourth-order valence-corrected chi connectivity index (χ4v) is 5.73. The second-order valence-corrected chi connectivity index (χ2v) is 12.2. The minimum absolute atomic E-state index is 0.0276. The smallest absolute Gasteiger partial charge is 0.315 e. The molecule has 0 fully saturated rings. The molecule has 18 heteroatoms. The first-order chi connectivity index (χ1) is 21.8. The van der Waals surface area contributed by atoms with E-state index in [1.54, 1.807) is 17.0 Å². The van der Waals surface area contributed by atoms with E-state index in [1.165, 1.54) is 31.4 Å². The normalized spacial score (nSPS) is 12.0. The standard InChI is InChI=1S/C28H24FN7O8S2/c1-3-36(18-7-5-4-6-8-18)28-32-26(29)31-27(33-28)30-17-9-11-20-16(13-17)14-23(46(41,42)43)24(25(20)37)35-34-21-12-10-19(44-2)15-22(21)45(38,39)40/h4-15,37H,3H2,1-2H3,(H,38,39,40)(H,41,42,43)(H,30,31,32,33)/b35-34+. The molecule has 0 spiro atoms. The number of phenols is 1. The van der Waals surface area contributed by atoms with Crippen molar-refractivity contribution in [2.45, 2.75) is 16.7 Å². The van der Waals surface area contributed by atoms with Crippen LogP contribution in [0.5, 0.6) is 11.5 Å². The summed E-state index contributed by atoms with van der Waals surface area (Å²) in [6.45, 7) is 2.25. The third-order valence-electron chi connectivity index (χ3n) is 6.51. The van der Waals surface area contributed by atoms with Gasteiger partial charge in [-0.25, -0.2) is 0 Å². The average Bonchev–Trinajstić information content (AvgIpc) is 3.00. The Bertz CT molecular complexity index is 2200. The SMILES string of the molecule is CCN(c1ccccc1)c1nc(F)nc(Nc2ccc3c(O)c(/N=N/c4ccc(OC)cc4S(=O)(=O)O)c(S(=O)(=O)O)cc3c2)n1. The minimum Gasteiger partial charge on any atom is -0.505 e. The molecule has 0 amide bonds. The first-order valence-corrected chi connectivity index (χ1v) is 16.0. The predicted molar refractivity (Wildman–Crippen MR) is 165 cm³/mol. The minimum atomic E-state index is -5.03. The van der Waals surface area contributed by atoms with Crippen molar-refractivity contribution < 1.29 is 40.2 Å². The Morgan fingerprint density at radius 1 is 0.891 bits per heavy atom. The topological polar surface area (TPSA) is 217 Å². The van der Waals surface area contributed by atoms with Crippen molar-refractivity contribution >= 4 is 65.7 Å². The molecule has 4 aromatic carbocycles. The van der Waals surface area contributed by atoms with Crippen molar-refractivity contribution in [3.05, 3.63) is 78.9 Å². The van der Waals surface area contributed by atoms with Crippen molar-refractivity contribution in [1.82, 2.24) is 15.0 Å². The molecule has 0 radical (unpaired) electrons. The largest absolute Gasteiger partial charge is 0.505 e. The average molecular weight is 670 g/mol. The van der Waals surface area contributed by atoms with Crippen LogP contribution in [0.1, 0.15) is 6.92 Å². The molecule has 0 aliphatic carbocycles. The molecule has 1 aromatic heterocycles. The van der Waals surface area contributed by atoms with Gasteiger partial charge >= 0.3 is 6.08 Å². The van der Waals surface area contributed by atoms with Gasteiger partial charge in [0, 0.05) is 29.4 Å². The van der Waals surface area contributed by atoms with Gasteiger partial charge < -0.3 is 20.1 Å². The van der Waals surface area contributed by atoms with Crippen LogP contribution in [0.4, 0.5) is 39.0 Å². The summed E-state index contributed by atoms with van der Waals surface area (Å²) >= 11 is 0. The second-order valence-electron chi connectivity index (χ2n) is 9.42. The Labute approximate surface area is 261 Å². The summed E-state index contributed by atoms with van der Waals surface area (Å²) < 4.78 is 87.4. The van der Waals surface area contributed by atoms with Crippen LogP contribution in [-0.4, -0.2) is 59.7 Å². The van der Waals surface area contributed by atoms with Gasteiger partial charge in [-0.3, -0.25) is 9.11 Å². The Hall–Kier alpha value is -5.30. The van der Waals surface area contributed by atoms with Crippen molar-refractivity contribution in [2.75, 3.05) is 23.9 Å². The number of aromatic hydroxyl groups is 1. The van der Waals surface area contributed by atoms with Crippen molar-refractivity contribution in [2.24, 2.45) is 10.2 Å². The van der Waals surface area contributed by atoms with E-state index in [2.05, 4.69) is 30.5 Å². The van der Waals surface area contributed by atoms with Gasteiger partial charge in [-0.2, -0.15) is 36.2 Å². The zero-order chi connectivity index (χ0) is 33.2. The van der Waals surface area contributed by atoms with Crippen molar-refractivity contribution in [1.29, 1.82) is 0 Å². The van der Waals surface area contributed by atoms with E-state index in [0.717, 1.165) is 23.9 Å². The summed E-state index contributed by atoms with van der Waals surface area (Å²) in [5.41, 5.74) is -0.161. The van der Waals surface area contributed by atoms with Gasteiger partial charge in [-0.05, 0) is 60.8 Å². The zero-order valence-corrected chi connectivity index (χ0v) is 25.5. The van der Waals surface area contributed by atoms with Crippen LogP contribution in [0.25, 0.3) is 10.8 Å². The molecule has 0 atom stereocenters. The van der Waals surface area contributed by atoms with Crippen LogP contribution in [0.15, 0.2) is 92.8 Å². The number of azo groups is 1. The van der Waals surface area contributed by atoms with Gasteiger partial charge in [0.05, 0.1) is 7.11 Å². The molecule has 0 saturated heterocycles. The number of rotatable bonds is 10. The lowest BCUT2D eigenvalue weighted by Crippen LogP contribution is -2.20. The number of hydrogen-bond donors (Lipinski definition) is 4. The van der Waals surface area contributed by atoms with Crippen molar-refractivity contribution in [3.63, 3.8) is 0 Å². The molecule has 238 valence electrons. The highest BCUT2D eigenvalue weighted by Gasteiger charge is 2.23. The number of aromatic nitrogens is 3. The Balaban J connectivity index is 1.55. The van der Waals surface area contributed by atoms with Gasteiger partial charge in [-0.15, -0.1) is 10.2 Å². The number of phenolic OH excluding ortho intramolecular Hbond substituents is 1. The molecule has 4 N–H and O–H groups in total. The summed E-state index contributed by atoms with van der Waals surface area (Å²) in [4.78, 5) is 11.9. The fourth-order valence-electron chi connectivity index (χ4n) is 4.43. The summed E-state index contributed by atoms with van der Waals surface area (Å²) in [7, 11) is -8.59. The van der Waals surface area contributed by atoms with Gasteiger partial charge in [0.15, 0.2) is 5.75 Å². The van der Waals surface area contributed by atoms with Crippen LogP contribution in [0, 0.1) is 6.08 Å². The summed E-state index contributed by atoms with van der Waals surface area (Å²) in [5.74, 6) is -0.801. The quantitative estimate of drug-likeness (QED) is 0.104. The summed E-state index contributed by atoms with van der Waals surface area (Å²) in [6.07, 6.45) is -1.06. The third-order valence-corrected chi connectivity index (χ3v) is 8.26. The molecule has 5 rings (SSSR count). The van der Waals surface area contributed by atoms with E-state index in [-0.39, 0.29) is 34.1 Å². The lowest BCUT2D eigenvalue weighted by atomic mass is 10.1. The lowest BCUT2D eigenvalue weighted by molar-refractivity contribution is 0.412. The third kappa shape index (κ3) is 6.84. The number of nitrogens with one attached hydrogen (secondary N) is 1. The summed E-state index contributed by atoms with van der Waals surface area (Å²) in [5, 5.41) is 21.4. The molecule has 0 aliphatic heterocycles. The van der Waals surface area contributed by atoms with Gasteiger partial charge in [0.25, 0.3) is 20.2 Å². The van der Waals surface area contributed by atoms with Crippen molar-refractivity contribution in [3.8, 4) is 11.5 Å². The maximum atomic E-state index is 14.5. The first-order valence-electron chi connectivity index (χ1n) is 13.1. The predicted octanol–water partition coefficient (Wildman–Crippen LogP) is 5.69. The van der Waals surface area contributed by atoms with E-state index in [9.17, 15) is 35.4 Å². The Morgan fingerprint density at radius 3 is 2.26 bits per heavy atom. The van der Waals surface area contributed by atoms with Crippen LogP contribution in [-0.2, 0) is 20.2 Å². The van der Waals surface area contributed by atoms with E-state index < -0.39 is 53.2 Å². The maximum Gasteiger partial charge on any atom is 0.315 e. The Morgan fingerprint density at radius 2 is 1.61 bits per heavy atom. The molecule has 15 nitrogen and oxygen atoms in total. The highest BCUT2D eigenvalue weighted by Crippen LogP contribution is 2.43. The highest BCUT2D eigenvalue weighted by molar-refractivity contribution is 7.86. The molecule has 5 aromatic rings. The monoisotopic (exact) mass is 669 g/mol. The van der Waals surface area contributed by atoms with Gasteiger partial charge in [0.1, 0.15) is 26.9 Å². The van der Waals surface area contributed by atoms with E-state index in [4.69, 9.17) is 4.74 Å².